The molecular weight excluding hydrogens is 328 g/mol. The predicted octanol–water partition coefficient (Wildman–Crippen LogP) is 2.28. The van der Waals surface area contributed by atoms with Gasteiger partial charge in [0.05, 0.1) is 12.2 Å². The van der Waals surface area contributed by atoms with Crippen molar-refractivity contribution in [2.45, 2.75) is 32.2 Å². The van der Waals surface area contributed by atoms with Gasteiger partial charge in [0.25, 0.3) is 5.56 Å². The van der Waals surface area contributed by atoms with Gasteiger partial charge in [-0.3, -0.25) is 9.78 Å². The van der Waals surface area contributed by atoms with Crippen molar-refractivity contribution in [3.05, 3.63) is 64.7 Å². The molecule has 3 aromatic heterocycles. The lowest BCUT2D eigenvalue weighted by Gasteiger charge is -2.34. The standard InChI is InChI=1S/C19H22N6O/c1-13(2)24-9-5-7-15(12-24)25-18-16(11-21-25)19(26)23-17(22-18)10-14-6-3-4-8-20-14/h3-4,6,8,11,15H,1,5,7,9-10,12H2,2H3,(H,22,23,26). The van der Waals surface area contributed by atoms with E-state index in [4.69, 9.17) is 4.98 Å². The molecule has 1 atom stereocenters. The lowest BCUT2D eigenvalue weighted by molar-refractivity contribution is 0.213. The second kappa shape index (κ2) is 6.74. The van der Waals surface area contributed by atoms with Gasteiger partial charge in [-0.2, -0.15) is 5.10 Å². The minimum Gasteiger partial charge on any atom is -0.373 e. The summed E-state index contributed by atoms with van der Waals surface area (Å²) in [4.78, 5) is 26.6. The van der Waals surface area contributed by atoms with Crippen molar-refractivity contribution in [2.75, 3.05) is 13.1 Å². The Bertz CT molecular complexity index is 990. The maximum atomic E-state index is 12.5. The van der Waals surface area contributed by atoms with Gasteiger partial charge in [0.2, 0.25) is 0 Å². The molecule has 3 aromatic rings. The summed E-state index contributed by atoms with van der Waals surface area (Å²) in [5.74, 6) is 0.607. The number of likely N-dealkylation sites (tertiary alicyclic amines) is 1. The summed E-state index contributed by atoms with van der Waals surface area (Å²) in [5.41, 5.74) is 2.42. The molecular formula is C19H22N6O. The summed E-state index contributed by atoms with van der Waals surface area (Å²) < 4.78 is 1.90. The van der Waals surface area contributed by atoms with Gasteiger partial charge < -0.3 is 9.88 Å². The summed E-state index contributed by atoms with van der Waals surface area (Å²) in [6.07, 6.45) is 5.93. The molecule has 7 nitrogen and oxygen atoms in total. The van der Waals surface area contributed by atoms with E-state index in [0.29, 0.717) is 23.3 Å². The van der Waals surface area contributed by atoms with E-state index in [2.05, 4.69) is 26.5 Å². The largest absolute Gasteiger partial charge is 0.373 e. The number of pyridine rings is 1. The maximum Gasteiger partial charge on any atom is 0.262 e. The zero-order chi connectivity index (χ0) is 18.1. The third kappa shape index (κ3) is 3.12. The van der Waals surface area contributed by atoms with E-state index in [-0.39, 0.29) is 11.6 Å². The number of fused-ring (bicyclic) bond motifs is 1. The molecule has 0 saturated carbocycles. The minimum atomic E-state index is -0.153. The van der Waals surface area contributed by atoms with Gasteiger partial charge >= 0.3 is 0 Å². The van der Waals surface area contributed by atoms with Crippen molar-refractivity contribution in [2.24, 2.45) is 0 Å². The van der Waals surface area contributed by atoms with E-state index in [1.807, 2.05) is 29.8 Å². The molecule has 0 amide bonds. The van der Waals surface area contributed by atoms with Crippen molar-refractivity contribution in [3.8, 4) is 0 Å². The smallest absolute Gasteiger partial charge is 0.262 e. The number of hydrogen-bond acceptors (Lipinski definition) is 5. The van der Waals surface area contributed by atoms with E-state index < -0.39 is 0 Å². The van der Waals surface area contributed by atoms with E-state index in [1.54, 1.807) is 12.4 Å². The van der Waals surface area contributed by atoms with E-state index in [9.17, 15) is 4.79 Å². The van der Waals surface area contributed by atoms with Crippen LogP contribution in [0.4, 0.5) is 0 Å². The monoisotopic (exact) mass is 350 g/mol. The van der Waals surface area contributed by atoms with Gasteiger partial charge in [0.15, 0.2) is 5.65 Å². The zero-order valence-corrected chi connectivity index (χ0v) is 14.9. The Balaban J connectivity index is 1.70. The van der Waals surface area contributed by atoms with Crippen LogP contribution in [0, 0.1) is 0 Å². The number of hydrogen-bond donors (Lipinski definition) is 1. The van der Waals surface area contributed by atoms with Crippen molar-refractivity contribution in [1.82, 2.24) is 29.6 Å². The van der Waals surface area contributed by atoms with Crippen LogP contribution in [0.25, 0.3) is 11.0 Å². The number of H-pyrrole nitrogens is 1. The highest BCUT2D eigenvalue weighted by molar-refractivity contribution is 5.73. The topological polar surface area (TPSA) is 79.7 Å². The van der Waals surface area contributed by atoms with Crippen LogP contribution in [0.2, 0.25) is 0 Å². The molecule has 1 aliphatic heterocycles. The summed E-state index contributed by atoms with van der Waals surface area (Å²) >= 11 is 0. The highest BCUT2D eigenvalue weighted by Gasteiger charge is 2.24. The first-order valence-electron chi connectivity index (χ1n) is 8.88. The number of allylic oxidation sites excluding steroid dienone is 1. The Morgan fingerprint density at radius 2 is 2.31 bits per heavy atom. The first-order chi connectivity index (χ1) is 12.6. The van der Waals surface area contributed by atoms with Crippen LogP contribution in [-0.2, 0) is 6.42 Å². The average molecular weight is 350 g/mol. The molecule has 0 aliphatic carbocycles. The number of rotatable bonds is 4. The third-order valence-electron chi connectivity index (χ3n) is 4.87. The third-order valence-corrected chi connectivity index (χ3v) is 4.87. The van der Waals surface area contributed by atoms with Crippen LogP contribution in [0.1, 0.15) is 37.3 Å². The normalized spacial score (nSPS) is 17.6. The SMILES string of the molecule is C=C(C)N1CCCC(n2ncc3c(=O)[nH]c(Cc4ccccn4)nc32)C1. The van der Waals surface area contributed by atoms with Crippen LogP contribution in [-0.4, -0.2) is 42.7 Å². The van der Waals surface area contributed by atoms with Crippen LogP contribution < -0.4 is 5.56 Å². The number of piperidine rings is 1. The van der Waals surface area contributed by atoms with E-state index in [0.717, 1.165) is 37.3 Å². The lowest BCUT2D eigenvalue weighted by Crippen LogP contribution is -2.35. The lowest BCUT2D eigenvalue weighted by atomic mass is 10.1. The Kier molecular flexibility index (Phi) is 4.28. The van der Waals surface area contributed by atoms with Crippen LogP contribution in [0.5, 0.6) is 0 Å². The summed E-state index contributed by atoms with van der Waals surface area (Å²) in [5, 5.41) is 5.01. The molecule has 134 valence electrons. The Morgan fingerprint density at radius 3 is 3.08 bits per heavy atom. The molecule has 0 aromatic carbocycles. The highest BCUT2D eigenvalue weighted by atomic mass is 16.1. The molecule has 4 rings (SSSR count). The molecule has 1 aliphatic rings. The minimum absolute atomic E-state index is 0.153. The first kappa shape index (κ1) is 16.5. The van der Waals surface area contributed by atoms with E-state index >= 15 is 0 Å². The Hall–Kier alpha value is -2.96. The van der Waals surface area contributed by atoms with Crippen LogP contribution in [0.15, 0.2) is 47.7 Å². The first-order valence-corrected chi connectivity index (χ1v) is 8.88. The summed E-state index contributed by atoms with van der Waals surface area (Å²) in [7, 11) is 0. The fourth-order valence-corrected chi connectivity index (χ4v) is 3.51. The molecule has 1 saturated heterocycles. The van der Waals surface area contributed by atoms with Gasteiger partial charge in [0, 0.05) is 37.1 Å². The predicted molar refractivity (Wildman–Crippen MR) is 99.8 cm³/mol. The summed E-state index contributed by atoms with van der Waals surface area (Å²) in [6.45, 7) is 7.94. The number of aromatic amines is 1. The molecule has 26 heavy (non-hydrogen) atoms. The number of nitrogens with one attached hydrogen (secondary N) is 1. The van der Waals surface area contributed by atoms with Crippen molar-refractivity contribution in [1.29, 1.82) is 0 Å². The molecule has 1 N–H and O–H groups in total. The maximum absolute atomic E-state index is 12.5. The van der Waals surface area contributed by atoms with Crippen molar-refractivity contribution < 1.29 is 0 Å². The highest BCUT2D eigenvalue weighted by Crippen LogP contribution is 2.25. The van der Waals surface area contributed by atoms with Gasteiger partial charge in [0.1, 0.15) is 11.2 Å². The van der Waals surface area contributed by atoms with E-state index in [1.165, 1.54) is 0 Å². The molecule has 4 heterocycles. The summed E-state index contributed by atoms with van der Waals surface area (Å²) in [6, 6.07) is 5.91. The fraction of sp³-hybridized carbons (Fsp3) is 0.368. The molecule has 0 radical (unpaired) electrons. The van der Waals surface area contributed by atoms with Crippen LogP contribution in [0.3, 0.4) is 0 Å². The molecule has 0 spiro atoms. The molecule has 1 unspecified atom stereocenters. The molecule has 1 fully saturated rings. The second-order valence-electron chi connectivity index (χ2n) is 6.81. The molecule has 0 bridgehead atoms. The zero-order valence-electron chi connectivity index (χ0n) is 14.9. The van der Waals surface area contributed by atoms with Crippen molar-refractivity contribution in [3.63, 3.8) is 0 Å². The number of aromatic nitrogens is 5. The average Bonchev–Trinajstić information content (AvgIpc) is 3.07. The Morgan fingerprint density at radius 1 is 1.42 bits per heavy atom. The number of nitrogens with zero attached hydrogens (tertiary/aromatic N) is 5. The van der Waals surface area contributed by atoms with Gasteiger partial charge in [-0.25, -0.2) is 9.67 Å². The fourth-order valence-electron chi connectivity index (χ4n) is 3.51. The van der Waals surface area contributed by atoms with Gasteiger partial charge in [-0.15, -0.1) is 0 Å². The Labute approximate surface area is 151 Å². The van der Waals surface area contributed by atoms with Crippen molar-refractivity contribution >= 4 is 11.0 Å². The molecule has 7 heteroatoms. The van der Waals surface area contributed by atoms with Gasteiger partial charge in [-0.05, 0) is 31.9 Å². The second-order valence-corrected chi connectivity index (χ2v) is 6.81. The quantitative estimate of drug-likeness (QED) is 0.781. The van der Waals surface area contributed by atoms with Gasteiger partial charge in [-0.1, -0.05) is 12.6 Å². The van der Waals surface area contributed by atoms with Crippen LogP contribution >= 0.6 is 0 Å².